The molecule has 0 aliphatic carbocycles. The van der Waals surface area contributed by atoms with Gasteiger partial charge in [-0.15, -0.1) is 0 Å². The minimum Gasteiger partial charge on any atom is -0.496 e. The molecule has 0 bridgehead atoms. The van der Waals surface area contributed by atoms with Crippen molar-refractivity contribution in [1.82, 2.24) is 9.99 Å². The molecule has 3 rings (SSSR count). The molecule has 2 aromatic carbocycles. The molecule has 0 radical (unpaired) electrons. The van der Waals surface area contributed by atoms with Crippen LogP contribution in [0.2, 0.25) is 0 Å². The molecule has 0 saturated heterocycles. The molecule has 1 aromatic heterocycles. The predicted octanol–water partition coefficient (Wildman–Crippen LogP) is 3.55. The van der Waals surface area contributed by atoms with Gasteiger partial charge in [0.15, 0.2) is 0 Å². The number of carboxylic acid groups (broad SMARTS) is 1. The molecule has 0 unspecified atom stereocenters. The van der Waals surface area contributed by atoms with E-state index >= 15 is 0 Å². The number of aromatic nitrogens is 1. The summed E-state index contributed by atoms with van der Waals surface area (Å²) in [5, 5.41) is 13.0. The third-order valence-electron chi connectivity index (χ3n) is 3.94. The van der Waals surface area contributed by atoms with Gasteiger partial charge in [-0.1, -0.05) is 0 Å². The Bertz CT molecular complexity index is 1040. The number of ether oxygens (including phenoxy) is 1. The summed E-state index contributed by atoms with van der Waals surface area (Å²) in [5.74, 6) is -0.885. The molecule has 8 heteroatoms. The van der Waals surface area contributed by atoms with Crippen molar-refractivity contribution in [2.75, 3.05) is 7.11 Å². The van der Waals surface area contributed by atoms with E-state index in [9.17, 15) is 9.59 Å². The molecule has 1 heterocycles. The van der Waals surface area contributed by atoms with Crippen molar-refractivity contribution in [3.05, 3.63) is 81.2 Å². The number of carbonyl (C=O) groups excluding carboxylic acids is 1. The van der Waals surface area contributed by atoms with Crippen molar-refractivity contribution in [3.63, 3.8) is 0 Å². The zero-order valence-electron chi connectivity index (χ0n) is 14.8. The maximum atomic E-state index is 12.4. The standard InChI is InChI=1S/C20H16IN3O4/c1-28-18-11-14(21)6-9-17(18)19(25)23-22-12-16-3-2-10-24(16)15-7-4-13(5-8-15)20(26)27/h2-12H,1H3,(H,23,25)(H,26,27). The van der Waals surface area contributed by atoms with Gasteiger partial charge in [0.25, 0.3) is 5.91 Å². The number of amides is 1. The highest BCUT2D eigenvalue weighted by Gasteiger charge is 2.12. The van der Waals surface area contributed by atoms with E-state index in [1.165, 1.54) is 25.5 Å². The van der Waals surface area contributed by atoms with Gasteiger partial charge in [-0.25, -0.2) is 10.2 Å². The van der Waals surface area contributed by atoms with Gasteiger partial charge in [0.1, 0.15) is 5.75 Å². The second kappa shape index (κ2) is 8.70. The number of aromatic carboxylic acids is 1. The second-order valence-electron chi connectivity index (χ2n) is 5.70. The number of hydrogen-bond acceptors (Lipinski definition) is 4. The smallest absolute Gasteiger partial charge is 0.335 e. The van der Waals surface area contributed by atoms with Crippen molar-refractivity contribution >= 4 is 40.7 Å². The van der Waals surface area contributed by atoms with Crippen LogP contribution < -0.4 is 10.2 Å². The lowest BCUT2D eigenvalue weighted by Crippen LogP contribution is -2.18. The van der Waals surface area contributed by atoms with E-state index in [4.69, 9.17) is 9.84 Å². The number of rotatable bonds is 6. The van der Waals surface area contributed by atoms with Gasteiger partial charge in [0.2, 0.25) is 0 Å². The molecule has 0 fully saturated rings. The van der Waals surface area contributed by atoms with Crippen LogP contribution in [0.5, 0.6) is 5.75 Å². The average molecular weight is 489 g/mol. The average Bonchev–Trinajstić information content (AvgIpc) is 3.16. The number of benzene rings is 2. The molecule has 0 aliphatic rings. The van der Waals surface area contributed by atoms with Crippen molar-refractivity contribution in [2.24, 2.45) is 5.10 Å². The van der Waals surface area contributed by atoms with Gasteiger partial charge in [0, 0.05) is 15.5 Å². The molecule has 0 atom stereocenters. The number of nitrogens with zero attached hydrogens (tertiary/aromatic N) is 2. The van der Waals surface area contributed by atoms with Gasteiger partial charge < -0.3 is 14.4 Å². The van der Waals surface area contributed by atoms with Crippen LogP contribution in [0.3, 0.4) is 0 Å². The zero-order chi connectivity index (χ0) is 20.1. The maximum Gasteiger partial charge on any atom is 0.335 e. The number of hydrogen-bond donors (Lipinski definition) is 2. The third-order valence-corrected chi connectivity index (χ3v) is 4.61. The fraction of sp³-hybridized carbons (Fsp3) is 0.0500. The van der Waals surface area contributed by atoms with Gasteiger partial charge in [-0.2, -0.15) is 5.10 Å². The molecule has 0 spiro atoms. The first-order valence-electron chi connectivity index (χ1n) is 8.17. The summed E-state index contributed by atoms with van der Waals surface area (Å²) < 4.78 is 8.03. The van der Waals surface area contributed by atoms with Crippen LogP contribution >= 0.6 is 22.6 Å². The van der Waals surface area contributed by atoms with Crippen LogP contribution in [0.15, 0.2) is 65.9 Å². The number of hydrazone groups is 1. The summed E-state index contributed by atoms with van der Waals surface area (Å²) in [5.41, 5.74) is 4.59. The summed E-state index contributed by atoms with van der Waals surface area (Å²) in [6.45, 7) is 0. The molecule has 142 valence electrons. The van der Waals surface area contributed by atoms with Gasteiger partial charge in [0.05, 0.1) is 30.1 Å². The highest BCUT2D eigenvalue weighted by molar-refractivity contribution is 14.1. The fourth-order valence-corrected chi connectivity index (χ4v) is 3.03. The Balaban J connectivity index is 1.75. The molecule has 2 N–H and O–H groups in total. The third kappa shape index (κ3) is 4.39. The first-order valence-corrected chi connectivity index (χ1v) is 9.25. The van der Waals surface area contributed by atoms with Crippen molar-refractivity contribution in [3.8, 4) is 11.4 Å². The predicted molar refractivity (Wildman–Crippen MR) is 113 cm³/mol. The van der Waals surface area contributed by atoms with Crippen molar-refractivity contribution < 1.29 is 19.4 Å². The highest BCUT2D eigenvalue weighted by Crippen LogP contribution is 2.21. The van der Waals surface area contributed by atoms with Crippen LogP contribution in [0.1, 0.15) is 26.4 Å². The quantitative estimate of drug-likeness (QED) is 0.315. The lowest BCUT2D eigenvalue weighted by molar-refractivity contribution is 0.0696. The Labute approximate surface area is 174 Å². The van der Waals surface area contributed by atoms with Gasteiger partial charge in [-0.3, -0.25) is 4.79 Å². The van der Waals surface area contributed by atoms with Crippen LogP contribution in [0.25, 0.3) is 5.69 Å². The molecule has 7 nitrogen and oxygen atoms in total. The zero-order valence-corrected chi connectivity index (χ0v) is 17.0. The van der Waals surface area contributed by atoms with Crippen LogP contribution in [-0.4, -0.2) is 34.9 Å². The topological polar surface area (TPSA) is 92.9 Å². The van der Waals surface area contributed by atoms with E-state index in [-0.39, 0.29) is 11.5 Å². The Morgan fingerprint density at radius 2 is 1.93 bits per heavy atom. The largest absolute Gasteiger partial charge is 0.496 e. The lowest BCUT2D eigenvalue weighted by atomic mass is 10.2. The van der Waals surface area contributed by atoms with E-state index in [0.717, 1.165) is 15.0 Å². The van der Waals surface area contributed by atoms with E-state index < -0.39 is 5.97 Å². The normalized spacial score (nSPS) is 10.8. The fourth-order valence-electron chi connectivity index (χ4n) is 2.57. The highest BCUT2D eigenvalue weighted by atomic mass is 127. The minimum absolute atomic E-state index is 0.213. The van der Waals surface area contributed by atoms with Crippen LogP contribution in [-0.2, 0) is 0 Å². The summed E-state index contributed by atoms with van der Waals surface area (Å²) in [6, 6.07) is 15.4. The summed E-state index contributed by atoms with van der Waals surface area (Å²) >= 11 is 2.14. The number of halogens is 1. The number of carboxylic acids is 1. The molecule has 3 aromatic rings. The molecule has 1 amide bonds. The van der Waals surface area contributed by atoms with E-state index in [1.807, 2.05) is 29.0 Å². The Hall–Kier alpha value is -3.14. The lowest BCUT2D eigenvalue weighted by Gasteiger charge is -2.08. The SMILES string of the molecule is COc1cc(I)ccc1C(=O)NN=Cc1cccn1-c1ccc(C(=O)O)cc1. The minimum atomic E-state index is -0.977. The number of methoxy groups -OCH3 is 1. The number of nitrogens with one attached hydrogen (secondary N) is 1. The van der Waals surface area contributed by atoms with Gasteiger partial charge >= 0.3 is 5.97 Å². The van der Waals surface area contributed by atoms with Crippen LogP contribution in [0.4, 0.5) is 0 Å². The van der Waals surface area contributed by atoms with Crippen LogP contribution in [0, 0.1) is 3.57 Å². The van der Waals surface area contributed by atoms with E-state index in [0.29, 0.717) is 11.3 Å². The molecular weight excluding hydrogens is 473 g/mol. The van der Waals surface area contributed by atoms with Crippen molar-refractivity contribution in [2.45, 2.75) is 0 Å². The Morgan fingerprint density at radius 3 is 2.61 bits per heavy atom. The first-order chi connectivity index (χ1) is 13.5. The Morgan fingerprint density at radius 1 is 1.18 bits per heavy atom. The van der Waals surface area contributed by atoms with Crippen molar-refractivity contribution in [1.29, 1.82) is 0 Å². The number of carbonyl (C=O) groups is 2. The summed E-state index contributed by atoms with van der Waals surface area (Å²) in [6.07, 6.45) is 3.34. The monoisotopic (exact) mass is 489 g/mol. The second-order valence-corrected chi connectivity index (χ2v) is 6.94. The molecule has 0 saturated carbocycles. The maximum absolute atomic E-state index is 12.4. The molecule has 28 heavy (non-hydrogen) atoms. The van der Waals surface area contributed by atoms with Gasteiger partial charge in [-0.05, 0) is 77.2 Å². The van der Waals surface area contributed by atoms with E-state index in [2.05, 4.69) is 33.1 Å². The first kappa shape index (κ1) is 19.6. The molecule has 0 aliphatic heterocycles. The summed E-state index contributed by atoms with van der Waals surface area (Å²) in [7, 11) is 1.51. The summed E-state index contributed by atoms with van der Waals surface area (Å²) in [4.78, 5) is 23.3. The van der Waals surface area contributed by atoms with E-state index in [1.54, 1.807) is 24.3 Å². The molecular formula is C20H16IN3O4. The Kier molecular flexibility index (Phi) is 6.09.